The van der Waals surface area contributed by atoms with Crippen LogP contribution < -0.4 is 11.1 Å². The van der Waals surface area contributed by atoms with Crippen LogP contribution in [0.15, 0.2) is 0 Å². The molecule has 0 bridgehead atoms. The van der Waals surface area contributed by atoms with E-state index in [0.717, 1.165) is 13.0 Å². The topological polar surface area (TPSA) is 50.6 Å². The molecule has 0 spiro atoms. The van der Waals surface area contributed by atoms with E-state index in [-0.39, 0.29) is 6.23 Å². The molecule has 1 fully saturated rings. The molecule has 0 radical (unpaired) electrons. The Morgan fingerprint density at radius 3 is 2.50 bits per heavy atom. The van der Waals surface area contributed by atoms with Crippen molar-refractivity contribution in [1.82, 2.24) is 5.32 Å². The number of hydrogen-bond donors (Lipinski definition) is 2. The first-order chi connectivity index (χ1) is 5.84. The minimum absolute atomic E-state index is 0.0577. The van der Waals surface area contributed by atoms with Crippen molar-refractivity contribution >= 4 is 0 Å². The van der Waals surface area contributed by atoms with Gasteiger partial charge in [-0.2, -0.15) is 0 Å². The fourth-order valence-corrected chi connectivity index (χ4v) is 1.39. The second-order valence-corrected chi connectivity index (χ2v) is 3.45. The van der Waals surface area contributed by atoms with E-state index in [2.05, 4.69) is 5.32 Å². The molecule has 2 unspecified atom stereocenters. The maximum atomic E-state index is 5.50. The fraction of sp³-hybridized carbons (Fsp3) is 1.00. The molecule has 1 saturated heterocycles. The van der Waals surface area contributed by atoms with E-state index in [0.29, 0.717) is 6.10 Å². The SMILES string of the molecule is CNCCCCCCC1OC1N. The van der Waals surface area contributed by atoms with Gasteiger partial charge >= 0.3 is 0 Å². The molecule has 1 aliphatic heterocycles. The van der Waals surface area contributed by atoms with Crippen molar-refractivity contribution in [2.24, 2.45) is 5.73 Å². The summed E-state index contributed by atoms with van der Waals surface area (Å²) in [4.78, 5) is 0. The lowest BCUT2D eigenvalue weighted by Crippen LogP contribution is -2.07. The lowest BCUT2D eigenvalue weighted by molar-refractivity contribution is 0.360. The molecule has 0 saturated carbocycles. The molecule has 72 valence electrons. The van der Waals surface area contributed by atoms with Gasteiger partial charge in [-0.05, 0) is 26.4 Å². The first kappa shape index (κ1) is 9.96. The third-order valence-electron chi connectivity index (χ3n) is 2.29. The summed E-state index contributed by atoms with van der Waals surface area (Å²) < 4.78 is 5.11. The molecule has 0 aromatic rings. The van der Waals surface area contributed by atoms with Crippen LogP contribution in [0.25, 0.3) is 0 Å². The number of unbranched alkanes of at least 4 members (excludes halogenated alkanes) is 3. The van der Waals surface area contributed by atoms with Crippen LogP contribution in [0.4, 0.5) is 0 Å². The molecule has 1 rings (SSSR count). The van der Waals surface area contributed by atoms with Gasteiger partial charge in [-0.3, -0.25) is 0 Å². The Labute approximate surface area is 74.7 Å². The van der Waals surface area contributed by atoms with Gasteiger partial charge in [0, 0.05) is 0 Å². The van der Waals surface area contributed by atoms with Crippen molar-refractivity contribution in [2.75, 3.05) is 13.6 Å². The van der Waals surface area contributed by atoms with E-state index < -0.39 is 0 Å². The van der Waals surface area contributed by atoms with E-state index >= 15 is 0 Å². The molecule has 0 amide bonds. The van der Waals surface area contributed by atoms with Gasteiger partial charge < -0.3 is 15.8 Å². The van der Waals surface area contributed by atoms with Crippen molar-refractivity contribution in [3.8, 4) is 0 Å². The van der Waals surface area contributed by atoms with Gasteiger partial charge in [0.2, 0.25) is 0 Å². The zero-order valence-electron chi connectivity index (χ0n) is 7.88. The zero-order valence-corrected chi connectivity index (χ0v) is 7.88. The first-order valence-corrected chi connectivity index (χ1v) is 4.90. The van der Waals surface area contributed by atoms with Crippen molar-refractivity contribution in [3.05, 3.63) is 0 Å². The number of epoxide rings is 1. The highest BCUT2D eigenvalue weighted by molar-refractivity contribution is 4.78. The standard InChI is InChI=1S/C9H20N2O/c1-11-7-5-3-2-4-6-8-9(10)12-8/h8-9,11H,2-7,10H2,1H3. The first-order valence-electron chi connectivity index (χ1n) is 4.90. The summed E-state index contributed by atoms with van der Waals surface area (Å²) in [5.41, 5.74) is 5.50. The van der Waals surface area contributed by atoms with Gasteiger partial charge in [-0.25, -0.2) is 0 Å². The smallest absolute Gasteiger partial charge is 0.132 e. The van der Waals surface area contributed by atoms with Crippen LogP contribution >= 0.6 is 0 Å². The summed E-state index contributed by atoms with van der Waals surface area (Å²) in [7, 11) is 2.00. The lowest BCUT2D eigenvalue weighted by Gasteiger charge is -1.98. The molecule has 1 heterocycles. The van der Waals surface area contributed by atoms with E-state index in [9.17, 15) is 0 Å². The number of rotatable bonds is 7. The van der Waals surface area contributed by atoms with Crippen molar-refractivity contribution in [2.45, 2.75) is 44.4 Å². The molecular weight excluding hydrogens is 152 g/mol. The summed E-state index contributed by atoms with van der Waals surface area (Å²) in [6.07, 6.45) is 6.78. The van der Waals surface area contributed by atoms with Gasteiger partial charge in [-0.1, -0.05) is 19.3 Å². The molecule has 12 heavy (non-hydrogen) atoms. The highest BCUT2D eigenvalue weighted by Gasteiger charge is 2.33. The van der Waals surface area contributed by atoms with Gasteiger partial charge in [0.1, 0.15) is 6.23 Å². The average Bonchev–Trinajstić information content (AvgIpc) is 2.74. The van der Waals surface area contributed by atoms with Crippen LogP contribution in [0.2, 0.25) is 0 Å². The second kappa shape index (κ2) is 5.51. The van der Waals surface area contributed by atoms with E-state index in [1.807, 2.05) is 7.05 Å². The zero-order chi connectivity index (χ0) is 8.81. The molecule has 0 aliphatic carbocycles. The number of nitrogens with two attached hydrogens (primary N) is 1. The maximum absolute atomic E-state index is 5.50. The summed E-state index contributed by atoms with van der Waals surface area (Å²) in [5, 5.41) is 3.14. The Morgan fingerprint density at radius 1 is 1.25 bits per heavy atom. The molecule has 0 aromatic heterocycles. The van der Waals surface area contributed by atoms with Gasteiger partial charge in [0.25, 0.3) is 0 Å². The third-order valence-corrected chi connectivity index (χ3v) is 2.29. The lowest BCUT2D eigenvalue weighted by atomic mass is 10.1. The van der Waals surface area contributed by atoms with Crippen molar-refractivity contribution < 1.29 is 4.74 Å². The monoisotopic (exact) mass is 172 g/mol. The predicted molar refractivity (Wildman–Crippen MR) is 49.9 cm³/mol. The van der Waals surface area contributed by atoms with Crippen LogP contribution in [0, 0.1) is 0 Å². The molecule has 2 atom stereocenters. The third kappa shape index (κ3) is 4.04. The molecule has 3 N–H and O–H groups in total. The normalized spacial score (nSPS) is 27.5. The Balaban J connectivity index is 1.72. The van der Waals surface area contributed by atoms with Crippen LogP contribution in [0.5, 0.6) is 0 Å². The van der Waals surface area contributed by atoms with Crippen LogP contribution in [-0.4, -0.2) is 25.9 Å². The second-order valence-electron chi connectivity index (χ2n) is 3.45. The Bertz CT molecular complexity index is 119. The minimum atomic E-state index is 0.0577. The summed E-state index contributed by atoms with van der Waals surface area (Å²) >= 11 is 0. The number of nitrogens with one attached hydrogen (secondary N) is 1. The predicted octanol–water partition coefficient (Wildman–Crippen LogP) is 0.840. The van der Waals surface area contributed by atoms with Crippen LogP contribution in [-0.2, 0) is 4.74 Å². The van der Waals surface area contributed by atoms with Crippen LogP contribution in [0.3, 0.4) is 0 Å². The van der Waals surface area contributed by atoms with Crippen molar-refractivity contribution in [1.29, 1.82) is 0 Å². The summed E-state index contributed by atoms with van der Waals surface area (Å²) in [6.45, 7) is 1.14. The largest absolute Gasteiger partial charge is 0.353 e. The molecule has 3 nitrogen and oxygen atoms in total. The fourth-order valence-electron chi connectivity index (χ4n) is 1.39. The Kier molecular flexibility index (Phi) is 4.58. The average molecular weight is 172 g/mol. The van der Waals surface area contributed by atoms with Gasteiger partial charge in [-0.15, -0.1) is 0 Å². The summed E-state index contributed by atoms with van der Waals surface area (Å²) in [6, 6.07) is 0. The van der Waals surface area contributed by atoms with Gasteiger partial charge in [0.15, 0.2) is 0 Å². The molecule has 0 aromatic carbocycles. The number of ether oxygens (including phenoxy) is 1. The Hall–Kier alpha value is -0.120. The van der Waals surface area contributed by atoms with E-state index in [1.165, 1.54) is 25.7 Å². The Morgan fingerprint density at radius 2 is 1.92 bits per heavy atom. The van der Waals surface area contributed by atoms with E-state index in [1.54, 1.807) is 0 Å². The minimum Gasteiger partial charge on any atom is -0.353 e. The quantitative estimate of drug-likeness (QED) is 0.442. The van der Waals surface area contributed by atoms with E-state index in [4.69, 9.17) is 10.5 Å². The molecular formula is C9H20N2O. The molecule has 1 aliphatic rings. The highest BCUT2D eigenvalue weighted by atomic mass is 16.6. The van der Waals surface area contributed by atoms with Crippen LogP contribution in [0.1, 0.15) is 32.1 Å². The van der Waals surface area contributed by atoms with Crippen molar-refractivity contribution in [3.63, 3.8) is 0 Å². The van der Waals surface area contributed by atoms with Gasteiger partial charge in [0.05, 0.1) is 6.10 Å². The molecule has 3 heteroatoms. The highest BCUT2D eigenvalue weighted by Crippen LogP contribution is 2.22. The summed E-state index contributed by atoms with van der Waals surface area (Å²) in [5.74, 6) is 0. The maximum Gasteiger partial charge on any atom is 0.132 e. The number of hydrogen-bond acceptors (Lipinski definition) is 3.